The first-order valence-electron chi connectivity index (χ1n) is 6.36. The molecule has 1 aromatic heterocycles. The van der Waals surface area contributed by atoms with Gasteiger partial charge in [0.1, 0.15) is 11.6 Å². The van der Waals surface area contributed by atoms with Crippen molar-refractivity contribution in [3.05, 3.63) is 52.6 Å². The van der Waals surface area contributed by atoms with Gasteiger partial charge in [-0.05, 0) is 24.6 Å². The number of rotatable bonds is 6. The lowest BCUT2D eigenvalue weighted by atomic mass is 10.2. The van der Waals surface area contributed by atoms with Crippen molar-refractivity contribution in [1.29, 1.82) is 0 Å². The highest BCUT2D eigenvalue weighted by molar-refractivity contribution is 5.83. The first-order chi connectivity index (χ1) is 9.79. The number of aromatic nitrogens is 2. The minimum Gasteiger partial charge on any atom is -0.493 e. The molecule has 6 nitrogen and oxygen atoms in total. The number of anilines is 1. The zero-order valence-corrected chi connectivity index (χ0v) is 11.2. The lowest BCUT2D eigenvalue weighted by molar-refractivity contribution is 0.317. The Labute approximate surface area is 116 Å². The van der Waals surface area contributed by atoms with Crippen molar-refractivity contribution in [2.75, 3.05) is 12.0 Å². The van der Waals surface area contributed by atoms with E-state index in [0.717, 1.165) is 17.7 Å². The summed E-state index contributed by atoms with van der Waals surface area (Å²) in [5.41, 5.74) is 3.18. The summed E-state index contributed by atoms with van der Waals surface area (Å²) in [5.74, 6) is 1.26. The molecule has 0 atom stereocenters. The number of aromatic amines is 1. The van der Waals surface area contributed by atoms with Crippen molar-refractivity contribution in [2.24, 2.45) is 5.10 Å². The van der Waals surface area contributed by atoms with Crippen LogP contribution in [-0.4, -0.2) is 22.8 Å². The molecule has 2 N–H and O–H groups in total. The predicted molar refractivity (Wildman–Crippen MR) is 78.3 cm³/mol. The van der Waals surface area contributed by atoms with Gasteiger partial charge in [-0.3, -0.25) is 10.4 Å². The van der Waals surface area contributed by atoms with Gasteiger partial charge in [-0.15, -0.1) is 0 Å². The standard InChI is InChI=1S/C14H16N4O2/c1-2-9-20-12-6-4-3-5-11(12)10-16-18-13-7-8-15-14(19)17-13/h3-8,10H,2,9H2,1H3,(H2,15,17,18,19). The SMILES string of the molecule is CCCOc1ccccc1C=NNc1ccnc(=O)[nH]1. The summed E-state index contributed by atoms with van der Waals surface area (Å²) in [6.07, 6.45) is 4.00. The molecular weight excluding hydrogens is 256 g/mol. The van der Waals surface area contributed by atoms with E-state index in [1.807, 2.05) is 24.3 Å². The molecule has 6 heteroatoms. The third-order valence-corrected chi connectivity index (χ3v) is 2.44. The maximum Gasteiger partial charge on any atom is 0.346 e. The number of hydrazone groups is 1. The summed E-state index contributed by atoms with van der Waals surface area (Å²) in [5, 5.41) is 4.07. The number of hydrogen-bond acceptors (Lipinski definition) is 5. The van der Waals surface area contributed by atoms with Crippen LogP contribution in [0.2, 0.25) is 0 Å². The van der Waals surface area contributed by atoms with Crippen LogP contribution in [0.3, 0.4) is 0 Å². The third-order valence-electron chi connectivity index (χ3n) is 2.44. The molecule has 1 heterocycles. The van der Waals surface area contributed by atoms with E-state index in [9.17, 15) is 4.79 Å². The van der Waals surface area contributed by atoms with E-state index in [4.69, 9.17) is 4.74 Å². The van der Waals surface area contributed by atoms with E-state index in [-0.39, 0.29) is 0 Å². The Kier molecular flexibility index (Phi) is 4.88. The molecule has 0 bridgehead atoms. The van der Waals surface area contributed by atoms with Crippen molar-refractivity contribution in [3.8, 4) is 5.75 Å². The second kappa shape index (κ2) is 7.08. The molecule has 0 aliphatic heterocycles. The molecule has 0 fully saturated rings. The van der Waals surface area contributed by atoms with E-state index < -0.39 is 5.69 Å². The van der Waals surface area contributed by atoms with Crippen LogP contribution in [0.4, 0.5) is 5.82 Å². The minimum absolute atomic E-state index is 0.420. The van der Waals surface area contributed by atoms with Crippen LogP contribution < -0.4 is 15.9 Å². The quantitative estimate of drug-likeness (QED) is 0.622. The van der Waals surface area contributed by atoms with Crippen molar-refractivity contribution in [1.82, 2.24) is 9.97 Å². The molecule has 1 aromatic carbocycles. The van der Waals surface area contributed by atoms with E-state index in [0.29, 0.717) is 12.4 Å². The highest BCUT2D eigenvalue weighted by Crippen LogP contribution is 2.16. The molecule has 0 aliphatic rings. The number of ether oxygens (including phenoxy) is 1. The molecule has 2 aromatic rings. The highest BCUT2D eigenvalue weighted by atomic mass is 16.5. The van der Waals surface area contributed by atoms with E-state index >= 15 is 0 Å². The number of nitrogens with one attached hydrogen (secondary N) is 2. The first kappa shape index (κ1) is 13.8. The van der Waals surface area contributed by atoms with E-state index in [1.165, 1.54) is 6.20 Å². The molecule has 104 valence electrons. The first-order valence-corrected chi connectivity index (χ1v) is 6.36. The van der Waals surface area contributed by atoms with Crippen LogP contribution in [0.25, 0.3) is 0 Å². The Bertz CT molecular complexity index is 637. The van der Waals surface area contributed by atoms with Crippen LogP contribution in [0.1, 0.15) is 18.9 Å². The summed E-state index contributed by atoms with van der Waals surface area (Å²) in [6, 6.07) is 9.25. The van der Waals surface area contributed by atoms with Gasteiger partial charge in [0.25, 0.3) is 0 Å². The molecule has 0 spiro atoms. The Balaban J connectivity index is 2.05. The molecule has 2 rings (SSSR count). The van der Waals surface area contributed by atoms with Gasteiger partial charge in [-0.1, -0.05) is 19.1 Å². The number of para-hydroxylation sites is 1. The summed E-state index contributed by atoms with van der Waals surface area (Å²) in [6.45, 7) is 2.72. The summed E-state index contributed by atoms with van der Waals surface area (Å²) in [4.78, 5) is 17.1. The average Bonchev–Trinajstić information content (AvgIpc) is 2.46. The molecule has 0 saturated carbocycles. The largest absolute Gasteiger partial charge is 0.493 e. The Morgan fingerprint density at radius 3 is 3.05 bits per heavy atom. The van der Waals surface area contributed by atoms with Crippen LogP contribution in [0.15, 0.2) is 46.4 Å². The van der Waals surface area contributed by atoms with E-state index in [2.05, 4.69) is 27.4 Å². The van der Waals surface area contributed by atoms with Crippen molar-refractivity contribution >= 4 is 12.0 Å². The fourth-order valence-corrected chi connectivity index (χ4v) is 1.54. The predicted octanol–water partition coefficient (Wildman–Crippen LogP) is 2.00. The molecule has 0 saturated heterocycles. The lowest BCUT2D eigenvalue weighted by Gasteiger charge is -2.07. The zero-order chi connectivity index (χ0) is 14.2. The summed E-state index contributed by atoms with van der Waals surface area (Å²) < 4.78 is 5.62. The molecule has 0 aliphatic carbocycles. The van der Waals surface area contributed by atoms with E-state index in [1.54, 1.807) is 12.3 Å². The smallest absolute Gasteiger partial charge is 0.346 e. The Morgan fingerprint density at radius 1 is 1.40 bits per heavy atom. The maximum absolute atomic E-state index is 11.0. The van der Waals surface area contributed by atoms with Gasteiger partial charge in [0.2, 0.25) is 0 Å². The fraction of sp³-hybridized carbons (Fsp3) is 0.214. The number of benzene rings is 1. The van der Waals surface area contributed by atoms with Crippen molar-refractivity contribution < 1.29 is 4.74 Å². The van der Waals surface area contributed by atoms with Gasteiger partial charge in [0.05, 0.1) is 12.8 Å². The van der Waals surface area contributed by atoms with Gasteiger partial charge in [0.15, 0.2) is 0 Å². The minimum atomic E-state index is -0.420. The van der Waals surface area contributed by atoms with Crippen molar-refractivity contribution in [3.63, 3.8) is 0 Å². The fourth-order valence-electron chi connectivity index (χ4n) is 1.54. The zero-order valence-electron chi connectivity index (χ0n) is 11.2. The van der Waals surface area contributed by atoms with Crippen LogP contribution in [0, 0.1) is 0 Å². The summed E-state index contributed by atoms with van der Waals surface area (Å²) in [7, 11) is 0. The number of nitrogens with zero attached hydrogens (tertiary/aromatic N) is 2. The summed E-state index contributed by atoms with van der Waals surface area (Å²) >= 11 is 0. The van der Waals surface area contributed by atoms with Gasteiger partial charge >= 0.3 is 5.69 Å². The second-order valence-electron chi connectivity index (χ2n) is 4.04. The second-order valence-corrected chi connectivity index (χ2v) is 4.04. The van der Waals surface area contributed by atoms with Crippen LogP contribution in [0.5, 0.6) is 5.75 Å². The van der Waals surface area contributed by atoms with Crippen molar-refractivity contribution in [2.45, 2.75) is 13.3 Å². The normalized spacial score (nSPS) is 10.7. The molecular formula is C14H16N4O2. The lowest BCUT2D eigenvalue weighted by Crippen LogP contribution is -2.10. The van der Waals surface area contributed by atoms with Gasteiger partial charge in [-0.2, -0.15) is 5.10 Å². The van der Waals surface area contributed by atoms with Gasteiger partial charge < -0.3 is 4.74 Å². The maximum atomic E-state index is 11.0. The number of hydrogen-bond donors (Lipinski definition) is 2. The Morgan fingerprint density at radius 2 is 2.25 bits per heavy atom. The van der Waals surface area contributed by atoms with Crippen LogP contribution in [-0.2, 0) is 0 Å². The average molecular weight is 272 g/mol. The van der Waals surface area contributed by atoms with Crippen LogP contribution >= 0.6 is 0 Å². The molecule has 0 radical (unpaired) electrons. The highest BCUT2D eigenvalue weighted by Gasteiger charge is 1.99. The monoisotopic (exact) mass is 272 g/mol. The topological polar surface area (TPSA) is 79.4 Å². The van der Waals surface area contributed by atoms with Gasteiger partial charge in [-0.25, -0.2) is 9.78 Å². The number of H-pyrrole nitrogens is 1. The van der Waals surface area contributed by atoms with Gasteiger partial charge in [0, 0.05) is 11.8 Å². The Hall–Kier alpha value is -2.63. The molecule has 0 amide bonds. The molecule has 20 heavy (non-hydrogen) atoms. The third kappa shape index (κ3) is 3.94. The molecule has 0 unspecified atom stereocenters.